The first-order valence-electron chi connectivity index (χ1n) is 3.95. The molecule has 5 N–H and O–H groups in total. The Morgan fingerprint density at radius 2 is 2.00 bits per heavy atom. The predicted molar refractivity (Wildman–Crippen MR) is 45.4 cm³/mol. The van der Waals surface area contributed by atoms with Gasteiger partial charge in [0.1, 0.15) is 6.04 Å². The molecule has 0 heterocycles. The SMILES string of the molecule is NC(CNCCCC(=O)O)C(=O)O. The monoisotopic (exact) mass is 190 g/mol. The smallest absolute Gasteiger partial charge is 0.321 e. The van der Waals surface area contributed by atoms with E-state index in [1.165, 1.54) is 0 Å². The number of hydrogen-bond donors (Lipinski definition) is 4. The second-order valence-corrected chi connectivity index (χ2v) is 2.65. The van der Waals surface area contributed by atoms with Crippen LogP contribution in [0.15, 0.2) is 0 Å². The van der Waals surface area contributed by atoms with Crippen LogP contribution in [0.5, 0.6) is 0 Å². The molecule has 0 rings (SSSR count). The van der Waals surface area contributed by atoms with Crippen LogP contribution in [0.2, 0.25) is 0 Å². The zero-order valence-corrected chi connectivity index (χ0v) is 7.19. The van der Waals surface area contributed by atoms with E-state index < -0.39 is 18.0 Å². The van der Waals surface area contributed by atoms with Gasteiger partial charge in [0.05, 0.1) is 0 Å². The highest BCUT2D eigenvalue weighted by atomic mass is 16.4. The fraction of sp³-hybridized carbons (Fsp3) is 0.714. The number of aliphatic carboxylic acids is 2. The topological polar surface area (TPSA) is 113 Å². The van der Waals surface area contributed by atoms with Crippen molar-refractivity contribution in [3.63, 3.8) is 0 Å². The van der Waals surface area contributed by atoms with Crippen molar-refractivity contribution >= 4 is 11.9 Å². The lowest BCUT2D eigenvalue weighted by molar-refractivity contribution is -0.139. The minimum Gasteiger partial charge on any atom is -0.481 e. The van der Waals surface area contributed by atoms with Gasteiger partial charge in [-0.15, -0.1) is 0 Å². The molecule has 0 amide bonds. The first kappa shape index (κ1) is 11.9. The van der Waals surface area contributed by atoms with Crippen molar-refractivity contribution in [2.45, 2.75) is 18.9 Å². The maximum Gasteiger partial charge on any atom is 0.321 e. The van der Waals surface area contributed by atoms with Crippen molar-refractivity contribution in [1.82, 2.24) is 5.32 Å². The van der Waals surface area contributed by atoms with Crippen molar-refractivity contribution in [2.24, 2.45) is 5.73 Å². The molecule has 0 radical (unpaired) electrons. The van der Waals surface area contributed by atoms with Crippen molar-refractivity contribution < 1.29 is 19.8 Å². The van der Waals surface area contributed by atoms with Gasteiger partial charge < -0.3 is 21.3 Å². The maximum absolute atomic E-state index is 10.2. The average molecular weight is 190 g/mol. The van der Waals surface area contributed by atoms with Gasteiger partial charge in [-0.3, -0.25) is 9.59 Å². The molecule has 0 aliphatic rings. The summed E-state index contributed by atoms with van der Waals surface area (Å²) in [5, 5.41) is 19.4. The number of nitrogens with one attached hydrogen (secondary N) is 1. The Hall–Kier alpha value is -1.14. The molecule has 1 unspecified atom stereocenters. The Kier molecular flexibility index (Phi) is 5.82. The minimum atomic E-state index is -1.06. The Bertz CT molecular complexity index is 183. The second-order valence-electron chi connectivity index (χ2n) is 2.65. The van der Waals surface area contributed by atoms with Crippen LogP contribution in [0, 0.1) is 0 Å². The van der Waals surface area contributed by atoms with Crippen LogP contribution < -0.4 is 11.1 Å². The van der Waals surface area contributed by atoms with E-state index in [0.29, 0.717) is 13.0 Å². The molecule has 0 fully saturated rings. The summed E-state index contributed by atoms with van der Waals surface area (Å²) < 4.78 is 0. The summed E-state index contributed by atoms with van der Waals surface area (Å²) in [5.74, 6) is -1.92. The molecule has 0 aromatic heterocycles. The third-order valence-corrected chi connectivity index (χ3v) is 1.43. The highest BCUT2D eigenvalue weighted by Gasteiger charge is 2.09. The molecular formula is C7H14N2O4. The zero-order valence-electron chi connectivity index (χ0n) is 7.19. The number of carbonyl (C=O) groups is 2. The van der Waals surface area contributed by atoms with Crippen LogP contribution in [-0.2, 0) is 9.59 Å². The van der Waals surface area contributed by atoms with Gasteiger partial charge >= 0.3 is 11.9 Å². The van der Waals surface area contributed by atoms with E-state index in [0.717, 1.165) is 0 Å². The first-order valence-corrected chi connectivity index (χ1v) is 3.95. The summed E-state index contributed by atoms with van der Waals surface area (Å²) >= 11 is 0. The summed E-state index contributed by atoms with van der Waals surface area (Å²) in [5.41, 5.74) is 5.18. The average Bonchev–Trinajstić information content (AvgIpc) is 2.02. The molecule has 0 saturated heterocycles. The quantitative estimate of drug-likeness (QED) is 0.377. The van der Waals surface area contributed by atoms with E-state index in [-0.39, 0.29) is 13.0 Å². The Labute approximate surface area is 75.7 Å². The van der Waals surface area contributed by atoms with Crippen LogP contribution in [-0.4, -0.2) is 41.3 Å². The van der Waals surface area contributed by atoms with Crippen LogP contribution in [0.3, 0.4) is 0 Å². The summed E-state index contributed by atoms with van der Waals surface area (Å²) in [6.07, 6.45) is 0.553. The maximum atomic E-state index is 10.2. The summed E-state index contributed by atoms with van der Waals surface area (Å²) in [6.45, 7) is 0.627. The molecule has 76 valence electrons. The highest BCUT2D eigenvalue weighted by molar-refractivity contribution is 5.73. The molecule has 1 atom stereocenters. The third-order valence-electron chi connectivity index (χ3n) is 1.43. The number of carboxylic acid groups (broad SMARTS) is 2. The molecular weight excluding hydrogens is 176 g/mol. The Morgan fingerprint density at radius 3 is 2.46 bits per heavy atom. The summed E-state index contributed by atoms with van der Waals surface area (Å²) in [6, 6.07) is -0.926. The zero-order chi connectivity index (χ0) is 10.3. The third kappa shape index (κ3) is 7.23. The lowest BCUT2D eigenvalue weighted by atomic mass is 10.3. The molecule has 6 heteroatoms. The second kappa shape index (κ2) is 6.38. The fourth-order valence-electron chi connectivity index (χ4n) is 0.709. The van der Waals surface area contributed by atoms with Crippen LogP contribution in [0.25, 0.3) is 0 Å². The first-order chi connectivity index (χ1) is 6.04. The summed E-state index contributed by atoms with van der Waals surface area (Å²) in [7, 11) is 0. The van der Waals surface area contributed by atoms with Crippen LogP contribution >= 0.6 is 0 Å². The van der Waals surface area contributed by atoms with E-state index in [9.17, 15) is 9.59 Å². The van der Waals surface area contributed by atoms with Crippen LogP contribution in [0.1, 0.15) is 12.8 Å². The van der Waals surface area contributed by atoms with Gasteiger partial charge in [0.15, 0.2) is 0 Å². The largest absolute Gasteiger partial charge is 0.481 e. The molecule has 0 aliphatic carbocycles. The van der Waals surface area contributed by atoms with E-state index >= 15 is 0 Å². The minimum absolute atomic E-state index is 0.0787. The number of hydrogen-bond acceptors (Lipinski definition) is 4. The van der Waals surface area contributed by atoms with Gasteiger partial charge in [0.25, 0.3) is 0 Å². The van der Waals surface area contributed by atoms with Gasteiger partial charge in [-0.2, -0.15) is 0 Å². The van der Waals surface area contributed by atoms with Gasteiger partial charge in [-0.25, -0.2) is 0 Å². The molecule has 0 spiro atoms. The molecule has 0 aromatic carbocycles. The molecule has 0 bridgehead atoms. The predicted octanol–water partition coefficient (Wildman–Crippen LogP) is -1.15. The van der Waals surface area contributed by atoms with E-state index in [1.807, 2.05) is 0 Å². The van der Waals surface area contributed by atoms with E-state index in [2.05, 4.69) is 5.32 Å². The Morgan fingerprint density at radius 1 is 1.38 bits per heavy atom. The van der Waals surface area contributed by atoms with Crippen molar-refractivity contribution in [3.05, 3.63) is 0 Å². The van der Waals surface area contributed by atoms with Gasteiger partial charge in [-0.05, 0) is 13.0 Å². The van der Waals surface area contributed by atoms with Crippen LogP contribution in [0.4, 0.5) is 0 Å². The molecule has 0 saturated carbocycles. The van der Waals surface area contributed by atoms with Crippen molar-refractivity contribution in [1.29, 1.82) is 0 Å². The molecule has 0 aromatic rings. The number of rotatable bonds is 7. The van der Waals surface area contributed by atoms with E-state index in [4.69, 9.17) is 15.9 Å². The summed E-state index contributed by atoms with van der Waals surface area (Å²) in [4.78, 5) is 20.3. The standard InChI is InChI=1S/C7H14N2O4/c8-5(7(12)13)4-9-3-1-2-6(10)11/h5,9H,1-4,8H2,(H,10,11)(H,12,13). The highest BCUT2D eigenvalue weighted by Crippen LogP contribution is 1.86. The lowest BCUT2D eigenvalue weighted by Gasteiger charge is -2.06. The molecule has 13 heavy (non-hydrogen) atoms. The van der Waals surface area contributed by atoms with Crippen molar-refractivity contribution in [2.75, 3.05) is 13.1 Å². The Balaban J connectivity index is 3.26. The van der Waals surface area contributed by atoms with Gasteiger partial charge in [-0.1, -0.05) is 0 Å². The normalized spacial score (nSPS) is 12.4. The molecule has 0 aliphatic heterocycles. The van der Waals surface area contributed by atoms with Gasteiger partial charge in [0, 0.05) is 13.0 Å². The van der Waals surface area contributed by atoms with E-state index in [1.54, 1.807) is 0 Å². The molecule has 6 nitrogen and oxygen atoms in total. The number of carboxylic acids is 2. The fourth-order valence-corrected chi connectivity index (χ4v) is 0.709. The van der Waals surface area contributed by atoms with Crippen molar-refractivity contribution in [3.8, 4) is 0 Å². The van der Waals surface area contributed by atoms with Gasteiger partial charge in [0.2, 0.25) is 0 Å². The lowest BCUT2D eigenvalue weighted by Crippen LogP contribution is -2.40. The number of nitrogens with two attached hydrogens (primary N) is 1.